The van der Waals surface area contributed by atoms with Crippen molar-refractivity contribution in [2.45, 2.75) is 18.9 Å². The van der Waals surface area contributed by atoms with Crippen LogP contribution >= 0.6 is 0 Å². The molecule has 0 aromatic rings. The molecule has 0 N–H and O–H groups in total. The first kappa shape index (κ1) is 11.4. The van der Waals surface area contributed by atoms with Crippen LogP contribution in [0.5, 0.6) is 0 Å². The minimum Gasteiger partial charge on any atom is -0.304 e. The number of likely N-dealkylation sites (N-methyl/N-ethyl adjacent to an activating group) is 1. The van der Waals surface area contributed by atoms with Crippen LogP contribution in [0.3, 0.4) is 0 Å². The van der Waals surface area contributed by atoms with Crippen molar-refractivity contribution in [2.24, 2.45) is 0 Å². The maximum atomic E-state index is 11.3. The summed E-state index contributed by atoms with van der Waals surface area (Å²) < 4.78 is 22.6. The smallest absolute Gasteiger partial charge is 0.150 e. The van der Waals surface area contributed by atoms with Crippen molar-refractivity contribution in [3.8, 4) is 0 Å². The van der Waals surface area contributed by atoms with E-state index in [4.69, 9.17) is 0 Å². The Kier molecular flexibility index (Phi) is 3.33. The molecule has 5 heteroatoms. The minimum atomic E-state index is -2.70. The van der Waals surface area contributed by atoms with Crippen LogP contribution in [0.1, 0.15) is 12.8 Å². The van der Waals surface area contributed by atoms with Crippen LogP contribution in [0.25, 0.3) is 0 Å². The van der Waals surface area contributed by atoms with Gasteiger partial charge in [0.25, 0.3) is 0 Å². The third-order valence-electron chi connectivity index (χ3n) is 3.58. The number of sulfone groups is 1. The SMILES string of the molecule is CN1CCN(C2CCS(=O)(=O)CC2)CC1. The van der Waals surface area contributed by atoms with Crippen LogP contribution in [0.4, 0.5) is 0 Å². The topological polar surface area (TPSA) is 40.6 Å². The lowest BCUT2D eigenvalue weighted by Gasteiger charge is -2.39. The Morgan fingerprint density at radius 2 is 1.53 bits per heavy atom. The van der Waals surface area contributed by atoms with E-state index in [0.717, 1.165) is 39.0 Å². The Morgan fingerprint density at radius 3 is 2.07 bits per heavy atom. The van der Waals surface area contributed by atoms with Gasteiger partial charge in [-0.25, -0.2) is 8.42 Å². The summed E-state index contributed by atoms with van der Waals surface area (Å²) in [4.78, 5) is 4.80. The monoisotopic (exact) mass is 232 g/mol. The first-order valence-corrected chi connectivity index (χ1v) is 7.52. The number of piperazine rings is 1. The van der Waals surface area contributed by atoms with Gasteiger partial charge in [0.2, 0.25) is 0 Å². The summed E-state index contributed by atoms with van der Waals surface area (Å²) in [7, 11) is -0.561. The van der Waals surface area contributed by atoms with E-state index in [1.165, 1.54) is 0 Å². The fourth-order valence-corrected chi connectivity index (χ4v) is 3.90. The van der Waals surface area contributed by atoms with E-state index in [2.05, 4.69) is 16.8 Å². The summed E-state index contributed by atoms with van der Waals surface area (Å²) in [5, 5.41) is 0. The number of nitrogens with zero attached hydrogens (tertiary/aromatic N) is 2. The average Bonchev–Trinajstić information content (AvgIpc) is 2.20. The maximum Gasteiger partial charge on any atom is 0.150 e. The van der Waals surface area contributed by atoms with Crippen molar-refractivity contribution in [2.75, 3.05) is 44.7 Å². The molecule has 0 aromatic carbocycles. The van der Waals surface area contributed by atoms with Gasteiger partial charge in [0.05, 0.1) is 11.5 Å². The summed E-state index contributed by atoms with van der Waals surface area (Å²) in [6.45, 7) is 4.43. The lowest BCUT2D eigenvalue weighted by Crippen LogP contribution is -2.51. The van der Waals surface area contributed by atoms with Crippen LogP contribution < -0.4 is 0 Å². The predicted molar refractivity (Wildman–Crippen MR) is 60.7 cm³/mol. The molecular formula is C10H20N2O2S. The molecule has 2 rings (SSSR count). The Morgan fingerprint density at radius 1 is 1.00 bits per heavy atom. The zero-order chi connectivity index (χ0) is 10.9. The molecule has 0 aliphatic carbocycles. The van der Waals surface area contributed by atoms with Crippen molar-refractivity contribution >= 4 is 9.84 Å². The molecule has 2 aliphatic heterocycles. The zero-order valence-electron chi connectivity index (χ0n) is 9.35. The van der Waals surface area contributed by atoms with Gasteiger partial charge in [-0.05, 0) is 19.9 Å². The van der Waals surface area contributed by atoms with E-state index in [1.54, 1.807) is 0 Å². The van der Waals surface area contributed by atoms with E-state index >= 15 is 0 Å². The van der Waals surface area contributed by atoms with Gasteiger partial charge in [-0.2, -0.15) is 0 Å². The number of hydrogen-bond acceptors (Lipinski definition) is 4. The van der Waals surface area contributed by atoms with Crippen molar-refractivity contribution < 1.29 is 8.42 Å². The van der Waals surface area contributed by atoms with Crippen molar-refractivity contribution in [3.63, 3.8) is 0 Å². The van der Waals surface area contributed by atoms with Gasteiger partial charge in [0.15, 0.2) is 0 Å². The van der Waals surface area contributed by atoms with Crippen molar-refractivity contribution in [1.82, 2.24) is 9.80 Å². The van der Waals surface area contributed by atoms with Crippen LogP contribution in [0.2, 0.25) is 0 Å². The molecule has 2 saturated heterocycles. The molecule has 2 aliphatic rings. The molecule has 15 heavy (non-hydrogen) atoms. The number of hydrogen-bond donors (Lipinski definition) is 0. The molecular weight excluding hydrogens is 212 g/mol. The molecule has 0 radical (unpaired) electrons. The van der Waals surface area contributed by atoms with E-state index in [9.17, 15) is 8.42 Å². The van der Waals surface area contributed by atoms with Crippen LogP contribution in [0, 0.1) is 0 Å². The lowest BCUT2D eigenvalue weighted by atomic mass is 10.1. The molecule has 0 spiro atoms. The molecule has 2 heterocycles. The highest BCUT2D eigenvalue weighted by atomic mass is 32.2. The number of rotatable bonds is 1. The molecule has 4 nitrogen and oxygen atoms in total. The summed E-state index contributed by atoms with van der Waals surface area (Å²) in [6.07, 6.45) is 1.68. The molecule has 2 fully saturated rings. The second-order valence-corrected chi connectivity index (χ2v) is 7.03. The van der Waals surface area contributed by atoms with Gasteiger partial charge in [-0.15, -0.1) is 0 Å². The molecule has 0 saturated carbocycles. The van der Waals surface area contributed by atoms with E-state index < -0.39 is 9.84 Å². The standard InChI is InChI=1S/C10H20N2O2S/c1-11-4-6-12(7-5-11)10-2-8-15(13,14)9-3-10/h10H,2-9H2,1H3. The third kappa shape index (κ3) is 2.92. The highest BCUT2D eigenvalue weighted by Gasteiger charge is 2.29. The minimum absolute atomic E-state index is 0.393. The Balaban J connectivity index is 1.86. The van der Waals surface area contributed by atoms with Gasteiger partial charge >= 0.3 is 0 Å². The summed E-state index contributed by atoms with van der Waals surface area (Å²) in [5.74, 6) is 0.786. The van der Waals surface area contributed by atoms with Crippen molar-refractivity contribution in [1.29, 1.82) is 0 Å². The molecule has 0 bridgehead atoms. The van der Waals surface area contributed by atoms with Gasteiger partial charge in [0, 0.05) is 32.2 Å². The van der Waals surface area contributed by atoms with Crippen molar-refractivity contribution in [3.05, 3.63) is 0 Å². The first-order valence-electron chi connectivity index (χ1n) is 5.70. The summed E-state index contributed by atoms with van der Waals surface area (Å²) in [6, 6.07) is 0.516. The average molecular weight is 232 g/mol. The molecule has 0 atom stereocenters. The van der Waals surface area contributed by atoms with Crippen LogP contribution in [-0.4, -0.2) is 69.0 Å². The third-order valence-corrected chi connectivity index (χ3v) is 5.29. The fourth-order valence-electron chi connectivity index (χ4n) is 2.43. The van der Waals surface area contributed by atoms with Gasteiger partial charge < -0.3 is 4.90 Å². The second-order valence-electron chi connectivity index (χ2n) is 4.72. The van der Waals surface area contributed by atoms with Crippen LogP contribution in [-0.2, 0) is 9.84 Å². The maximum absolute atomic E-state index is 11.3. The van der Waals surface area contributed by atoms with E-state index in [0.29, 0.717) is 17.5 Å². The highest BCUT2D eigenvalue weighted by molar-refractivity contribution is 7.91. The normalized spacial score (nSPS) is 30.5. The van der Waals surface area contributed by atoms with Gasteiger partial charge in [-0.1, -0.05) is 0 Å². The van der Waals surface area contributed by atoms with Gasteiger partial charge in [-0.3, -0.25) is 4.90 Å². The largest absolute Gasteiger partial charge is 0.304 e. The Labute approximate surface area is 92.2 Å². The fraction of sp³-hybridized carbons (Fsp3) is 1.00. The Bertz CT molecular complexity index is 293. The zero-order valence-corrected chi connectivity index (χ0v) is 10.2. The summed E-state index contributed by atoms with van der Waals surface area (Å²) >= 11 is 0. The van der Waals surface area contributed by atoms with E-state index in [-0.39, 0.29) is 0 Å². The molecule has 88 valence electrons. The van der Waals surface area contributed by atoms with Gasteiger partial charge in [0.1, 0.15) is 9.84 Å². The molecule has 0 unspecified atom stereocenters. The lowest BCUT2D eigenvalue weighted by molar-refractivity contribution is 0.106. The van der Waals surface area contributed by atoms with E-state index in [1.807, 2.05) is 0 Å². The molecule has 0 aromatic heterocycles. The summed E-state index contributed by atoms with van der Waals surface area (Å²) in [5.41, 5.74) is 0. The molecule has 0 amide bonds. The van der Waals surface area contributed by atoms with Crippen LogP contribution in [0.15, 0.2) is 0 Å². The quantitative estimate of drug-likeness (QED) is 0.628. The second kappa shape index (κ2) is 4.39. The Hall–Kier alpha value is -0.130. The first-order chi connectivity index (χ1) is 7.07. The highest BCUT2D eigenvalue weighted by Crippen LogP contribution is 2.19. The predicted octanol–water partition coefficient (Wildman–Crippen LogP) is -0.189.